The summed E-state index contributed by atoms with van der Waals surface area (Å²) in [5.41, 5.74) is 0.788. The van der Waals surface area contributed by atoms with Crippen LogP contribution in [-0.4, -0.2) is 41.4 Å². The molecular weight excluding hydrogens is 374 g/mol. The second-order valence-electron chi connectivity index (χ2n) is 6.44. The Morgan fingerprint density at radius 2 is 1.97 bits per heavy atom. The highest BCUT2D eigenvalue weighted by Gasteiger charge is 2.14. The van der Waals surface area contributed by atoms with E-state index in [9.17, 15) is 14.4 Å². The van der Waals surface area contributed by atoms with Gasteiger partial charge in [0.1, 0.15) is 17.2 Å². The number of ketones is 1. The van der Waals surface area contributed by atoms with Crippen molar-refractivity contribution in [3.63, 3.8) is 0 Å². The summed E-state index contributed by atoms with van der Waals surface area (Å²) in [6, 6.07) is 6.86. The molecule has 0 saturated heterocycles. The van der Waals surface area contributed by atoms with Crippen molar-refractivity contribution < 1.29 is 4.79 Å². The zero-order valence-electron chi connectivity index (χ0n) is 15.7. The molecule has 0 bridgehead atoms. The van der Waals surface area contributed by atoms with E-state index in [-0.39, 0.29) is 23.5 Å². The molecule has 0 saturated carbocycles. The quantitative estimate of drug-likeness (QED) is 0.480. The van der Waals surface area contributed by atoms with Crippen molar-refractivity contribution in [3.8, 4) is 11.4 Å². The smallest absolute Gasteiger partial charge is 0.332 e. The van der Waals surface area contributed by atoms with Gasteiger partial charge in [0.2, 0.25) is 0 Å². The molecule has 4 aromatic rings. The van der Waals surface area contributed by atoms with Gasteiger partial charge in [0.05, 0.1) is 6.54 Å². The second-order valence-corrected chi connectivity index (χ2v) is 6.44. The number of nitrogens with zero attached hydrogens (tertiary/aromatic N) is 5. The Labute approximate surface area is 163 Å². The van der Waals surface area contributed by atoms with Gasteiger partial charge in [0.25, 0.3) is 5.56 Å². The lowest BCUT2D eigenvalue weighted by atomic mass is 10.2. The molecule has 0 atom stereocenters. The van der Waals surface area contributed by atoms with E-state index in [1.165, 1.54) is 17.8 Å². The average molecular weight is 391 g/mol. The number of hydrogen-bond acceptors (Lipinski definition) is 7. The Bertz CT molecular complexity index is 1320. The van der Waals surface area contributed by atoms with Crippen LogP contribution < -0.4 is 16.6 Å². The summed E-state index contributed by atoms with van der Waals surface area (Å²) in [7, 11) is 2.97. The first kappa shape index (κ1) is 18.3. The zero-order chi connectivity index (χ0) is 20.5. The summed E-state index contributed by atoms with van der Waals surface area (Å²) in [6.07, 6.45) is 4.69. The van der Waals surface area contributed by atoms with Crippen LogP contribution in [0.3, 0.4) is 0 Å². The Kier molecular flexibility index (Phi) is 4.51. The van der Waals surface area contributed by atoms with Crippen molar-refractivity contribution in [1.82, 2.24) is 29.1 Å². The van der Waals surface area contributed by atoms with Crippen LogP contribution in [-0.2, 0) is 14.1 Å². The maximum Gasteiger partial charge on any atom is 0.332 e. The number of carbonyl (C=O) groups is 1. The fraction of sp³-hybridized carbons (Fsp3) is 0.158. The minimum atomic E-state index is -0.448. The van der Waals surface area contributed by atoms with Crippen molar-refractivity contribution in [2.75, 3.05) is 11.9 Å². The predicted molar refractivity (Wildman–Crippen MR) is 107 cm³/mol. The van der Waals surface area contributed by atoms with E-state index >= 15 is 0 Å². The molecule has 10 heteroatoms. The minimum Gasteiger partial charge on any atom is -0.363 e. The van der Waals surface area contributed by atoms with Gasteiger partial charge in [0.15, 0.2) is 11.4 Å². The molecule has 0 aliphatic rings. The molecule has 0 amide bonds. The van der Waals surface area contributed by atoms with Crippen LogP contribution >= 0.6 is 0 Å². The van der Waals surface area contributed by atoms with Crippen molar-refractivity contribution in [2.45, 2.75) is 0 Å². The van der Waals surface area contributed by atoms with Crippen molar-refractivity contribution >= 4 is 22.8 Å². The molecule has 4 rings (SSSR count). The molecule has 2 N–H and O–H groups in total. The number of imidazole rings is 1. The number of Topliss-reactive ketones (excluding diaryl/α,β-unsaturated/α-hetero) is 1. The predicted octanol–water partition coefficient (Wildman–Crippen LogP) is 0.712. The lowest BCUT2D eigenvalue weighted by Gasteiger charge is -2.05. The Morgan fingerprint density at radius 1 is 1.14 bits per heavy atom. The Morgan fingerprint density at radius 3 is 2.66 bits per heavy atom. The lowest BCUT2D eigenvalue weighted by molar-refractivity contribution is 0.101. The van der Waals surface area contributed by atoms with Crippen LogP contribution in [0.4, 0.5) is 5.82 Å². The SMILES string of the molecule is Cn1c(=O)c2[nH]c(-c3ccc(NCC(=O)c4cccnc4)nc3)nc2n(C)c1=O. The van der Waals surface area contributed by atoms with Crippen LogP contribution in [0.2, 0.25) is 0 Å². The molecule has 146 valence electrons. The third-order valence-electron chi connectivity index (χ3n) is 4.55. The Balaban J connectivity index is 1.56. The first-order valence-electron chi connectivity index (χ1n) is 8.75. The van der Waals surface area contributed by atoms with Crippen molar-refractivity contribution in [1.29, 1.82) is 0 Å². The van der Waals surface area contributed by atoms with E-state index in [2.05, 4.69) is 25.3 Å². The Hall–Kier alpha value is -4.08. The van der Waals surface area contributed by atoms with Crippen LogP contribution in [0.25, 0.3) is 22.6 Å². The number of carbonyl (C=O) groups excluding carboxylic acids is 1. The summed E-state index contributed by atoms with van der Waals surface area (Å²) in [5, 5.41) is 2.96. The van der Waals surface area contributed by atoms with Gasteiger partial charge in [-0.25, -0.2) is 14.8 Å². The first-order chi connectivity index (χ1) is 14.0. The van der Waals surface area contributed by atoms with Gasteiger partial charge in [-0.15, -0.1) is 0 Å². The number of aromatic nitrogens is 6. The van der Waals surface area contributed by atoms with Gasteiger partial charge in [-0.2, -0.15) is 0 Å². The third kappa shape index (κ3) is 3.31. The fourth-order valence-electron chi connectivity index (χ4n) is 2.90. The molecule has 4 heterocycles. The van der Waals surface area contributed by atoms with Gasteiger partial charge < -0.3 is 10.3 Å². The highest BCUT2D eigenvalue weighted by molar-refractivity contribution is 5.98. The first-order valence-corrected chi connectivity index (χ1v) is 8.75. The maximum atomic E-state index is 12.3. The summed E-state index contributed by atoms with van der Waals surface area (Å²) < 4.78 is 2.33. The van der Waals surface area contributed by atoms with Gasteiger partial charge in [0, 0.05) is 43.8 Å². The second kappa shape index (κ2) is 7.15. The molecule has 0 radical (unpaired) electrons. The number of fused-ring (bicyclic) bond motifs is 1. The van der Waals surface area contributed by atoms with Gasteiger partial charge in [-0.05, 0) is 24.3 Å². The molecule has 0 aliphatic carbocycles. The number of H-pyrrole nitrogens is 1. The topological polar surface area (TPSA) is 128 Å². The molecule has 10 nitrogen and oxygen atoms in total. The zero-order valence-corrected chi connectivity index (χ0v) is 15.7. The van der Waals surface area contributed by atoms with Crippen LogP contribution in [0.5, 0.6) is 0 Å². The molecule has 0 unspecified atom stereocenters. The largest absolute Gasteiger partial charge is 0.363 e. The molecule has 4 aromatic heterocycles. The normalized spacial score (nSPS) is 11.0. The van der Waals surface area contributed by atoms with E-state index in [4.69, 9.17) is 0 Å². The van der Waals surface area contributed by atoms with E-state index in [1.807, 2.05) is 0 Å². The van der Waals surface area contributed by atoms with Crippen LogP contribution in [0, 0.1) is 0 Å². The number of nitrogens with one attached hydrogen (secondary N) is 2. The van der Waals surface area contributed by atoms with Gasteiger partial charge in [-0.1, -0.05) is 0 Å². The standard InChI is InChI=1S/C19H17N7O3/c1-25-17-15(18(28)26(2)19(25)29)23-16(24-17)12-5-6-14(21-9-12)22-10-13(27)11-4-3-7-20-8-11/h3-9H,10H2,1-2H3,(H,21,22)(H,23,24). The van der Waals surface area contributed by atoms with Gasteiger partial charge >= 0.3 is 5.69 Å². The average Bonchev–Trinajstić information content (AvgIpc) is 3.21. The number of anilines is 1. The number of rotatable bonds is 5. The highest BCUT2D eigenvalue weighted by atomic mass is 16.2. The summed E-state index contributed by atoms with van der Waals surface area (Å²) >= 11 is 0. The molecular formula is C19H17N7O3. The van der Waals surface area contributed by atoms with Crippen LogP contribution in [0.1, 0.15) is 10.4 Å². The fourth-order valence-corrected chi connectivity index (χ4v) is 2.90. The van der Waals surface area contributed by atoms with E-state index in [1.54, 1.807) is 43.7 Å². The summed E-state index contributed by atoms with van der Waals surface area (Å²) in [5.74, 6) is 0.840. The minimum absolute atomic E-state index is 0.0842. The van der Waals surface area contributed by atoms with Crippen LogP contribution in [0.15, 0.2) is 52.4 Å². The van der Waals surface area contributed by atoms with E-state index < -0.39 is 11.2 Å². The number of hydrogen-bond donors (Lipinski definition) is 2. The third-order valence-corrected chi connectivity index (χ3v) is 4.55. The maximum absolute atomic E-state index is 12.3. The van der Waals surface area contributed by atoms with Crippen molar-refractivity contribution in [3.05, 3.63) is 69.3 Å². The van der Waals surface area contributed by atoms with Crippen molar-refractivity contribution in [2.24, 2.45) is 14.1 Å². The molecule has 0 aliphatic heterocycles. The summed E-state index contributed by atoms with van der Waals surface area (Å²) in [6.45, 7) is 0.0842. The number of aryl methyl sites for hydroxylation is 1. The monoisotopic (exact) mass is 391 g/mol. The number of pyridine rings is 2. The van der Waals surface area contributed by atoms with Gasteiger partial charge in [-0.3, -0.25) is 23.7 Å². The lowest BCUT2D eigenvalue weighted by Crippen LogP contribution is -2.36. The van der Waals surface area contributed by atoms with E-state index in [0.29, 0.717) is 22.8 Å². The van der Waals surface area contributed by atoms with E-state index in [0.717, 1.165) is 4.57 Å². The number of aromatic amines is 1. The molecule has 29 heavy (non-hydrogen) atoms. The summed E-state index contributed by atoms with van der Waals surface area (Å²) in [4.78, 5) is 52.0. The molecule has 0 spiro atoms. The highest BCUT2D eigenvalue weighted by Crippen LogP contribution is 2.18. The molecule has 0 fully saturated rings. The molecule has 0 aromatic carbocycles.